The largest absolute Gasteiger partial charge is 0.369 e. The van der Waals surface area contributed by atoms with E-state index in [-0.39, 0.29) is 23.5 Å². The molecule has 27 heavy (non-hydrogen) atoms. The SMILES string of the molecule is Cc1cc(C)c(NC(=O)c2cncc(N(C)C3CCS(=O)(=O)C3)c2)c(C)c1. The van der Waals surface area contributed by atoms with Crippen molar-refractivity contribution in [3.63, 3.8) is 0 Å². The van der Waals surface area contributed by atoms with Crippen LogP contribution in [0.15, 0.2) is 30.6 Å². The molecule has 144 valence electrons. The van der Waals surface area contributed by atoms with Crippen LogP contribution in [0.25, 0.3) is 0 Å². The van der Waals surface area contributed by atoms with Gasteiger partial charge in [0.2, 0.25) is 0 Å². The van der Waals surface area contributed by atoms with Crippen LogP contribution in [-0.4, -0.2) is 43.9 Å². The number of rotatable bonds is 4. The smallest absolute Gasteiger partial charge is 0.257 e. The number of hydrogen-bond acceptors (Lipinski definition) is 5. The molecule has 2 aromatic rings. The summed E-state index contributed by atoms with van der Waals surface area (Å²) >= 11 is 0. The van der Waals surface area contributed by atoms with E-state index in [4.69, 9.17) is 0 Å². The molecule has 1 N–H and O–H groups in total. The molecule has 3 rings (SSSR count). The van der Waals surface area contributed by atoms with Gasteiger partial charge in [-0.3, -0.25) is 9.78 Å². The van der Waals surface area contributed by atoms with E-state index in [2.05, 4.69) is 10.3 Å². The average Bonchev–Trinajstić information content (AvgIpc) is 2.97. The quantitative estimate of drug-likeness (QED) is 0.873. The van der Waals surface area contributed by atoms with Crippen molar-refractivity contribution in [2.45, 2.75) is 33.2 Å². The van der Waals surface area contributed by atoms with E-state index in [0.29, 0.717) is 12.0 Å². The van der Waals surface area contributed by atoms with Crippen molar-refractivity contribution in [3.8, 4) is 0 Å². The lowest BCUT2D eigenvalue weighted by molar-refractivity contribution is 0.102. The van der Waals surface area contributed by atoms with Crippen LogP contribution in [0.1, 0.15) is 33.5 Å². The lowest BCUT2D eigenvalue weighted by Gasteiger charge is -2.25. The number of pyridine rings is 1. The number of benzene rings is 1. The molecular weight excluding hydrogens is 362 g/mol. The minimum Gasteiger partial charge on any atom is -0.369 e. The Kier molecular flexibility index (Phi) is 5.24. The van der Waals surface area contributed by atoms with Crippen molar-refractivity contribution < 1.29 is 13.2 Å². The number of nitrogens with zero attached hydrogens (tertiary/aromatic N) is 2. The zero-order chi connectivity index (χ0) is 19.8. The number of anilines is 2. The lowest BCUT2D eigenvalue weighted by Crippen LogP contribution is -2.32. The Morgan fingerprint density at radius 3 is 2.41 bits per heavy atom. The second-order valence-electron chi connectivity index (χ2n) is 7.33. The minimum atomic E-state index is -2.97. The molecule has 1 unspecified atom stereocenters. The second-order valence-corrected chi connectivity index (χ2v) is 9.56. The highest BCUT2D eigenvalue weighted by Gasteiger charge is 2.31. The topological polar surface area (TPSA) is 79.4 Å². The fourth-order valence-electron chi connectivity index (χ4n) is 3.60. The van der Waals surface area contributed by atoms with Crippen LogP contribution in [0.3, 0.4) is 0 Å². The van der Waals surface area contributed by atoms with Crippen molar-refractivity contribution in [3.05, 3.63) is 52.8 Å². The van der Waals surface area contributed by atoms with Crippen LogP contribution < -0.4 is 10.2 Å². The molecule has 1 aromatic carbocycles. The van der Waals surface area contributed by atoms with Gasteiger partial charge < -0.3 is 10.2 Å². The summed E-state index contributed by atoms with van der Waals surface area (Å²) in [4.78, 5) is 18.8. The van der Waals surface area contributed by atoms with Gasteiger partial charge in [0.1, 0.15) is 0 Å². The normalized spacial score (nSPS) is 18.3. The molecule has 1 aliphatic rings. The van der Waals surface area contributed by atoms with Crippen molar-refractivity contribution in [2.24, 2.45) is 0 Å². The molecule has 0 radical (unpaired) electrons. The van der Waals surface area contributed by atoms with Crippen LogP contribution in [-0.2, 0) is 9.84 Å². The molecule has 0 spiro atoms. The van der Waals surface area contributed by atoms with Crippen molar-refractivity contribution in [2.75, 3.05) is 28.8 Å². The van der Waals surface area contributed by atoms with E-state index in [0.717, 1.165) is 28.1 Å². The predicted molar refractivity (Wildman–Crippen MR) is 108 cm³/mol. The number of hydrogen-bond donors (Lipinski definition) is 1. The first-order chi connectivity index (χ1) is 12.7. The van der Waals surface area contributed by atoms with Gasteiger partial charge in [-0.25, -0.2) is 8.42 Å². The Hall–Kier alpha value is -2.41. The molecule has 1 fully saturated rings. The minimum absolute atomic E-state index is 0.0864. The molecule has 1 saturated heterocycles. The van der Waals surface area contributed by atoms with Crippen molar-refractivity contribution in [1.29, 1.82) is 0 Å². The Morgan fingerprint density at radius 2 is 1.81 bits per heavy atom. The molecule has 2 heterocycles. The first-order valence-corrected chi connectivity index (χ1v) is 10.8. The highest BCUT2D eigenvalue weighted by atomic mass is 32.2. The summed E-state index contributed by atoms with van der Waals surface area (Å²) in [5, 5.41) is 2.98. The summed E-state index contributed by atoms with van der Waals surface area (Å²) in [6.45, 7) is 5.97. The Bertz CT molecular complexity index is 963. The molecular formula is C20H25N3O3S. The monoisotopic (exact) mass is 387 g/mol. The number of nitrogens with one attached hydrogen (secondary N) is 1. The summed E-state index contributed by atoms with van der Waals surface area (Å²) < 4.78 is 23.5. The maximum Gasteiger partial charge on any atom is 0.257 e. The summed E-state index contributed by atoms with van der Waals surface area (Å²) in [5.41, 5.74) is 5.17. The van der Waals surface area contributed by atoms with Crippen LogP contribution in [0.5, 0.6) is 0 Å². The number of carbonyl (C=O) groups is 1. The molecule has 0 saturated carbocycles. The number of amides is 1. The van der Waals surface area contributed by atoms with Gasteiger partial charge in [0.15, 0.2) is 9.84 Å². The van der Waals surface area contributed by atoms with Crippen LogP contribution in [0.2, 0.25) is 0 Å². The fraction of sp³-hybridized carbons (Fsp3) is 0.400. The third-order valence-electron chi connectivity index (χ3n) is 5.06. The molecule has 6 nitrogen and oxygen atoms in total. The maximum absolute atomic E-state index is 12.7. The molecule has 0 bridgehead atoms. The molecule has 0 aliphatic carbocycles. The number of aryl methyl sites for hydroxylation is 3. The number of sulfone groups is 1. The van der Waals surface area contributed by atoms with Crippen molar-refractivity contribution in [1.82, 2.24) is 4.98 Å². The summed E-state index contributed by atoms with van der Waals surface area (Å²) in [7, 11) is -1.12. The fourth-order valence-corrected chi connectivity index (χ4v) is 5.37. The predicted octanol–water partition coefficient (Wildman–Crippen LogP) is 2.88. The Morgan fingerprint density at radius 1 is 1.15 bits per heavy atom. The van der Waals surface area contributed by atoms with Gasteiger partial charge in [-0.2, -0.15) is 0 Å². The number of aromatic nitrogens is 1. The summed E-state index contributed by atoms with van der Waals surface area (Å²) in [5.74, 6) is 0.121. The Labute approximate surface area is 160 Å². The van der Waals surface area contributed by atoms with E-state index >= 15 is 0 Å². The van der Waals surface area contributed by atoms with Gasteiger partial charge >= 0.3 is 0 Å². The van der Waals surface area contributed by atoms with Gasteiger partial charge in [-0.15, -0.1) is 0 Å². The molecule has 1 amide bonds. The van der Waals surface area contributed by atoms with Gasteiger partial charge in [0, 0.05) is 25.0 Å². The van der Waals surface area contributed by atoms with Gasteiger partial charge in [-0.1, -0.05) is 17.7 Å². The van der Waals surface area contributed by atoms with Gasteiger partial charge in [0.05, 0.1) is 29.0 Å². The second kappa shape index (κ2) is 7.31. The standard InChI is InChI=1S/C20H25N3O3S/c1-13-7-14(2)19(15(3)8-13)22-20(24)16-9-18(11-21-10-16)23(4)17-5-6-27(25,26)12-17/h7-11,17H,5-6,12H2,1-4H3,(H,22,24). The average molecular weight is 388 g/mol. The molecule has 1 atom stereocenters. The highest BCUT2D eigenvalue weighted by Crippen LogP contribution is 2.25. The lowest BCUT2D eigenvalue weighted by atomic mass is 10.0. The third-order valence-corrected chi connectivity index (χ3v) is 6.82. The van der Waals surface area contributed by atoms with Crippen molar-refractivity contribution >= 4 is 27.1 Å². The van der Waals surface area contributed by atoms with E-state index in [1.807, 2.05) is 44.9 Å². The molecule has 1 aromatic heterocycles. The van der Waals surface area contributed by atoms with E-state index in [1.54, 1.807) is 12.3 Å². The third kappa shape index (κ3) is 4.30. The zero-order valence-corrected chi connectivity index (χ0v) is 16.9. The van der Waals surface area contributed by atoms with Crippen LogP contribution in [0.4, 0.5) is 11.4 Å². The molecule has 1 aliphatic heterocycles. The van der Waals surface area contributed by atoms with E-state index in [9.17, 15) is 13.2 Å². The van der Waals surface area contributed by atoms with Crippen LogP contribution >= 0.6 is 0 Å². The van der Waals surface area contributed by atoms with Gasteiger partial charge in [-0.05, 0) is 44.4 Å². The highest BCUT2D eigenvalue weighted by molar-refractivity contribution is 7.91. The van der Waals surface area contributed by atoms with E-state index < -0.39 is 9.84 Å². The van der Waals surface area contributed by atoms with Crippen LogP contribution in [0, 0.1) is 20.8 Å². The van der Waals surface area contributed by atoms with E-state index in [1.165, 1.54) is 6.20 Å². The summed E-state index contributed by atoms with van der Waals surface area (Å²) in [6.07, 6.45) is 3.78. The maximum atomic E-state index is 12.7. The van der Waals surface area contributed by atoms with Gasteiger partial charge in [0.25, 0.3) is 5.91 Å². The number of carbonyl (C=O) groups excluding carboxylic acids is 1. The molecule has 7 heteroatoms. The first kappa shape index (κ1) is 19.4. The zero-order valence-electron chi connectivity index (χ0n) is 16.1. The first-order valence-electron chi connectivity index (χ1n) is 8.94. The summed E-state index contributed by atoms with van der Waals surface area (Å²) in [6, 6.07) is 5.74. The Balaban J connectivity index is 1.80.